The number of nitrogens with zero attached hydrogens (tertiary/aromatic N) is 2. The summed E-state index contributed by atoms with van der Waals surface area (Å²) in [5.41, 5.74) is 6.20. The van der Waals surface area contributed by atoms with E-state index in [1.165, 1.54) is 25.1 Å². The normalized spacial score (nSPS) is 15.8. The fourth-order valence-corrected chi connectivity index (χ4v) is 2.66. The number of rotatable bonds is 4. The summed E-state index contributed by atoms with van der Waals surface area (Å²) in [6.07, 6.45) is 6.16. The van der Waals surface area contributed by atoms with Crippen LogP contribution in [-0.2, 0) is 0 Å². The molecule has 5 heteroatoms. The summed E-state index contributed by atoms with van der Waals surface area (Å²) in [5, 5.41) is 9.26. The number of aromatic carboxylic acids is 1. The van der Waals surface area contributed by atoms with Crippen molar-refractivity contribution < 1.29 is 9.90 Å². The van der Waals surface area contributed by atoms with E-state index in [1.807, 2.05) is 6.92 Å². The van der Waals surface area contributed by atoms with Crippen molar-refractivity contribution in [3.63, 3.8) is 0 Å². The highest BCUT2D eigenvalue weighted by Crippen LogP contribution is 2.29. The van der Waals surface area contributed by atoms with Gasteiger partial charge in [0.2, 0.25) is 0 Å². The van der Waals surface area contributed by atoms with E-state index in [4.69, 9.17) is 5.73 Å². The third-order valence-electron chi connectivity index (χ3n) is 3.50. The molecule has 1 saturated carbocycles. The molecule has 0 bridgehead atoms. The molecule has 0 saturated heterocycles. The average Bonchev–Trinajstić information content (AvgIpc) is 2.85. The molecule has 0 atom stereocenters. The van der Waals surface area contributed by atoms with Crippen molar-refractivity contribution in [2.45, 2.75) is 38.6 Å². The molecule has 0 radical (unpaired) electrons. The Morgan fingerprint density at radius 1 is 1.56 bits per heavy atom. The second-order valence-electron chi connectivity index (χ2n) is 4.67. The van der Waals surface area contributed by atoms with Crippen molar-refractivity contribution in [2.75, 3.05) is 17.2 Å². The van der Waals surface area contributed by atoms with Crippen LogP contribution < -0.4 is 10.6 Å². The maximum atomic E-state index is 11.3. The Hall–Kier alpha value is -1.78. The Morgan fingerprint density at radius 3 is 2.78 bits per heavy atom. The maximum Gasteiger partial charge on any atom is 0.339 e. The zero-order chi connectivity index (χ0) is 13.1. The van der Waals surface area contributed by atoms with Crippen LogP contribution in [0.3, 0.4) is 0 Å². The molecule has 0 aliphatic heterocycles. The lowest BCUT2D eigenvalue weighted by molar-refractivity contribution is 0.0697. The van der Waals surface area contributed by atoms with E-state index in [0.29, 0.717) is 17.5 Å². The number of carboxylic acid groups (broad SMARTS) is 1. The van der Waals surface area contributed by atoms with Crippen LogP contribution in [-0.4, -0.2) is 28.6 Å². The molecule has 2 rings (SSSR count). The van der Waals surface area contributed by atoms with Gasteiger partial charge in [-0.15, -0.1) is 0 Å². The Morgan fingerprint density at radius 2 is 2.22 bits per heavy atom. The molecule has 1 aliphatic rings. The first-order valence-electron chi connectivity index (χ1n) is 6.39. The van der Waals surface area contributed by atoms with Gasteiger partial charge in [-0.25, -0.2) is 9.78 Å². The monoisotopic (exact) mass is 249 g/mol. The molecule has 18 heavy (non-hydrogen) atoms. The number of carboxylic acids is 1. The maximum absolute atomic E-state index is 11.3. The van der Waals surface area contributed by atoms with Gasteiger partial charge in [0.15, 0.2) is 0 Å². The Labute approximate surface area is 107 Å². The van der Waals surface area contributed by atoms with E-state index in [9.17, 15) is 9.90 Å². The van der Waals surface area contributed by atoms with Gasteiger partial charge >= 0.3 is 5.97 Å². The fourth-order valence-electron chi connectivity index (χ4n) is 2.66. The van der Waals surface area contributed by atoms with Gasteiger partial charge in [-0.1, -0.05) is 12.8 Å². The van der Waals surface area contributed by atoms with E-state index in [2.05, 4.69) is 9.88 Å². The Balaban J connectivity index is 2.37. The first kappa shape index (κ1) is 12.7. The largest absolute Gasteiger partial charge is 0.478 e. The van der Waals surface area contributed by atoms with Crippen LogP contribution in [0.4, 0.5) is 11.5 Å². The summed E-state index contributed by atoms with van der Waals surface area (Å²) >= 11 is 0. The van der Waals surface area contributed by atoms with Gasteiger partial charge < -0.3 is 15.7 Å². The molecule has 5 nitrogen and oxygen atoms in total. The van der Waals surface area contributed by atoms with Crippen molar-refractivity contribution in [3.05, 3.63) is 17.8 Å². The molecule has 1 aliphatic carbocycles. The minimum absolute atomic E-state index is 0.198. The lowest BCUT2D eigenvalue weighted by Crippen LogP contribution is -2.35. The summed E-state index contributed by atoms with van der Waals surface area (Å²) in [6.45, 7) is 2.80. The van der Waals surface area contributed by atoms with Gasteiger partial charge in [0, 0.05) is 12.6 Å². The van der Waals surface area contributed by atoms with Gasteiger partial charge in [-0.05, 0) is 25.8 Å². The number of carbonyl (C=O) groups is 1. The topological polar surface area (TPSA) is 79.5 Å². The van der Waals surface area contributed by atoms with Crippen molar-refractivity contribution in [2.24, 2.45) is 0 Å². The van der Waals surface area contributed by atoms with Crippen molar-refractivity contribution >= 4 is 17.5 Å². The van der Waals surface area contributed by atoms with Crippen LogP contribution in [0.15, 0.2) is 12.3 Å². The van der Waals surface area contributed by atoms with Gasteiger partial charge in [0.1, 0.15) is 11.4 Å². The van der Waals surface area contributed by atoms with Crippen LogP contribution in [0.5, 0.6) is 0 Å². The lowest BCUT2D eigenvalue weighted by atomic mass is 10.1. The van der Waals surface area contributed by atoms with Crippen LogP contribution in [0.2, 0.25) is 0 Å². The highest BCUT2D eigenvalue weighted by atomic mass is 16.4. The average molecular weight is 249 g/mol. The quantitative estimate of drug-likeness (QED) is 0.854. The first-order valence-corrected chi connectivity index (χ1v) is 6.39. The second kappa shape index (κ2) is 5.25. The summed E-state index contributed by atoms with van der Waals surface area (Å²) in [4.78, 5) is 17.6. The standard InChI is InChI=1S/C13H19N3O2/c1-2-16(10-5-3-4-6-10)12-11(13(17)18)7-9(14)8-15-12/h7-8,10H,2-6,14H2,1H3,(H,17,18). The molecule has 3 N–H and O–H groups in total. The van der Waals surface area contributed by atoms with E-state index in [1.54, 1.807) is 0 Å². The molecule has 1 aromatic heterocycles. The molecule has 1 aromatic rings. The number of aromatic nitrogens is 1. The first-order chi connectivity index (χ1) is 8.63. The Kier molecular flexibility index (Phi) is 3.69. The number of hydrogen-bond donors (Lipinski definition) is 2. The summed E-state index contributed by atoms with van der Waals surface area (Å²) in [6, 6.07) is 1.90. The highest BCUT2D eigenvalue weighted by molar-refractivity contribution is 5.94. The number of anilines is 2. The summed E-state index contributed by atoms with van der Waals surface area (Å²) in [7, 11) is 0. The predicted molar refractivity (Wildman–Crippen MR) is 70.9 cm³/mol. The van der Waals surface area contributed by atoms with Gasteiger partial charge in [0.05, 0.1) is 11.9 Å². The third-order valence-corrected chi connectivity index (χ3v) is 3.50. The fraction of sp³-hybridized carbons (Fsp3) is 0.538. The zero-order valence-electron chi connectivity index (χ0n) is 10.6. The van der Waals surface area contributed by atoms with E-state index in [0.717, 1.165) is 19.4 Å². The number of nitrogens with two attached hydrogens (primary N) is 1. The SMILES string of the molecule is CCN(c1ncc(N)cc1C(=O)O)C1CCCC1. The van der Waals surface area contributed by atoms with Crippen molar-refractivity contribution in [1.29, 1.82) is 0 Å². The smallest absolute Gasteiger partial charge is 0.339 e. The summed E-state index contributed by atoms with van der Waals surface area (Å²) in [5.74, 6) is -0.424. The van der Waals surface area contributed by atoms with Gasteiger partial charge in [-0.3, -0.25) is 0 Å². The van der Waals surface area contributed by atoms with Gasteiger partial charge in [0.25, 0.3) is 0 Å². The minimum Gasteiger partial charge on any atom is -0.478 e. The predicted octanol–water partition coefficient (Wildman–Crippen LogP) is 2.13. The molecule has 0 unspecified atom stereocenters. The van der Waals surface area contributed by atoms with Crippen molar-refractivity contribution in [1.82, 2.24) is 4.98 Å². The molecule has 0 amide bonds. The van der Waals surface area contributed by atoms with Crippen LogP contribution in [0.1, 0.15) is 43.0 Å². The molecule has 98 valence electrons. The molecular formula is C13H19N3O2. The number of hydrogen-bond acceptors (Lipinski definition) is 4. The Bertz CT molecular complexity index is 442. The molecule has 1 fully saturated rings. The van der Waals surface area contributed by atoms with E-state index >= 15 is 0 Å². The molecular weight excluding hydrogens is 230 g/mol. The molecule has 1 heterocycles. The highest BCUT2D eigenvalue weighted by Gasteiger charge is 2.26. The summed E-state index contributed by atoms with van der Waals surface area (Å²) < 4.78 is 0. The van der Waals surface area contributed by atoms with Crippen LogP contribution >= 0.6 is 0 Å². The zero-order valence-corrected chi connectivity index (χ0v) is 10.6. The number of nitrogen functional groups attached to an aromatic ring is 1. The lowest BCUT2D eigenvalue weighted by Gasteiger charge is -2.29. The van der Waals surface area contributed by atoms with Gasteiger partial charge in [-0.2, -0.15) is 0 Å². The van der Waals surface area contributed by atoms with E-state index in [-0.39, 0.29) is 5.56 Å². The third kappa shape index (κ3) is 2.39. The van der Waals surface area contributed by atoms with Crippen molar-refractivity contribution in [3.8, 4) is 0 Å². The number of pyridine rings is 1. The van der Waals surface area contributed by atoms with Crippen LogP contribution in [0.25, 0.3) is 0 Å². The van der Waals surface area contributed by atoms with Crippen LogP contribution in [0, 0.1) is 0 Å². The van der Waals surface area contributed by atoms with E-state index < -0.39 is 5.97 Å². The molecule has 0 spiro atoms. The minimum atomic E-state index is -0.971. The second-order valence-corrected chi connectivity index (χ2v) is 4.67. The molecule has 0 aromatic carbocycles.